The number of aromatic nitrogens is 2. The molecule has 0 radical (unpaired) electrons. The standard InChI is InChI=1S/C11H19N5O3/c1-3-11(12,4-2)8-13-10(17)7-15-6-9(5-14-15)16(18)19/h5-6H,3-4,7-8,12H2,1-2H3,(H,13,17). The number of nitrogens with one attached hydrogen (secondary N) is 1. The van der Waals surface area contributed by atoms with Gasteiger partial charge in [-0.15, -0.1) is 0 Å². The van der Waals surface area contributed by atoms with Gasteiger partial charge in [0.1, 0.15) is 18.9 Å². The van der Waals surface area contributed by atoms with Crippen molar-refractivity contribution in [1.29, 1.82) is 0 Å². The maximum atomic E-state index is 11.7. The van der Waals surface area contributed by atoms with Gasteiger partial charge in [0.05, 0.1) is 4.92 Å². The van der Waals surface area contributed by atoms with Crippen molar-refractivity contribution in [1.82, 2.24) is 15.1 Å². The second-order valence-corrected chi connectivity index (χ2v) is 4.50. The molecule has 0 aromatic carbocycles. The lowest BCUT2D eigenvalue weighted by Gasteiger charge is -2.26. The molecule has 0 unspecified atom stereocenters. The minimum atomic E-state index is -0.555. The summed E-state index contributed by atoms with van der Waals surface area (Å²) in [6.07, 6.45) is 3.85. The van der Waals surface area contributed by atoms with Crippen molar-refractivity contribution in [3.05, 3.63) is 22.5 Å². The molecule has 0 saturated carbocycles. The Balaban J connectivity index is 2.49. The van der Waals surface area contributed by atoms with Gasteiger partial charge in [-0.25, -0.2) is 0 Å². The first-order valence-electron chi connectivity index (χ1n) is 6.12. The number of nitrogens with two attached hydrogens (primary N) is 1. The Kier molecular flexibility index (Phi) is 4.99. The van der Waals surface area contributed by atoms with Gasteiger partial charge in [0.25, 0.3) is 0 Å². The monoisotopic (exact) mass is 269 g/mol. The van der Waals surface area contributed by atoms with Crippen LogP contribution in [0.2, 0.25) is 0 Å². The van der Waals surface area contributed by atoms with E-state index in [1.54, 1.807) is 0 Å². The van der Waals surface area contributed by atoms with E-state index in [4.69, 9.17) is 5.73 Å². The van der Waals surface area contributed by atoms with E-state index in [1.807, 2.05) is 13.8 Å². The van der Waals surface area contributed by atoms with E-state index in [2.05, 4.69) is 10.4 Å². The second-order valence-electron chi connectivity index (χ2n) is 4.50. The van der Waals surface area contributed by atoms with E-state index in [9.17, 15) is 14.9 Å². The average molecular weight is 269 g/mol. The third-order valence-electron chi connectivity index (χ3n) is 3.18. The fraction of sp³-hybridized carbons (Fsp3) is 0.636. The first-order chi connectivity index (χ1) is 8.90. The van der Waals surface area contributed by atoms with Gasteiger partial charge in [0, 0.05) is 12.1 Å². The zero-order valence-electron chi connectivity index (χ0n) is 11.1. The molecule has 0 bridgehead atoms. The molecule has 1 rings (SSSR count). The second kappa shape index (κ2) is 6.28. The molecule has 0 aliphatic rings. The largest absolute Gasteiger partial charge is 0.353 e. The first-order valence-corrected chi connectivity index (χ1v) is 6.12. The van der Waals surface area contributed by atoms with Crippen LogP contribution in [0.15, 0.2) is 12.4 Å². The molecule has 0 aliphatic carbocycles. The van der Waals surface area contributed by atoms with Crippen LogP contribution in [-0.4, -0.2) is 32.7 Å². The third-order valence-corrected chi connectivity index (χ3v) is 3.18. The van der Waals surface area contributed by atoms with Crippen molar-refractivity contribution in [2.24, 2.45) is 5.73 Å². The van der Waals surface area contributed by atoms with Crippen molar-refractivity contribution in [3.8, 4) is 0 Å². The molecule has 0 atom stereocenters. The van der Waals surface area contributed by atoms with E-state index in [1.165, 1.54) is 10.9 Å². The van der Waals surface area contributed by atoms with Crippen molar-refractivity contribution >= 4 is 11.6 Å². The molecule has 1 heterocycles. The zero-order chi connectivity index (χ0) is 14.5. The third kappa shape index (κ3) is 4.32. The smallest absolute Gasteiger partial charge is 0.307 e. The maximum absolute atomic E-state index is 11.7. The quantitative estimate of drug-likeness (QED) is 0.550. The van der Waals surface area contributed by atoms with Gasteiger partial charge in [-0.1, -0.05) is 13.8 Å². The van der Waals surface area contributed by atoms with Gasteiger partial charge in [0.15, 0.2) is 0 Å². The fourth-order valence-electron chi connectivity index (χ4n) is 1.51. The Bertz CT molecular complexity index is 453. The Hall–Kier alpha value is -1.96. The molecule has 8 heteroatoms. The highest BCUT2D eigenvalue weighted by Gasteiger charge is 2.21. The van der Waals surface area contributed by atoms with E-state index in [0.29, 0.717) is 6.54 Å². The normalized spacial score (nSPS) is 11.3. The molecular formula is C11H19N5O3. The van der Waals surface area contributed by atoms with Gasteiger partial charge < -0.3 is 11.1 Å². The number of carbonyl (C=O) groups excluding carboxylic acids is 1. The lowest BCUT2D eigenvalue weighted by molar-refractivity contribution is -0.385. The molecule has 106 valence electrons. The van der Waals surface area contributed by atoms with Crippen LogP contribution in [0.3, 0.4) is 0 Å². The summed E-state index contributed by atoms with van der Waals surface area (Å²) < 4.78 is 1.23. The Morgan fingerprint density at radius 3 is 2.68 bits per heavy atom. The molecule has 19 heavy (non-hydrogen) atoms. The van der Waals surface area contributed by atoms with E-state index < -0.39 is 10.5 Å². The van der Waals surface area contributed by atoms with Crippen LogP contribution in [0.1, 0.15) is 26.7 Å². The van der Waals surface area contributed by atoms with Crippen LogP contribution in [0.25, 0.3) is 0 Å². The lowest BCUT2D eigenvalue weighted by Crippen LogP contribution is -2.49. The van der Waals surface area contributed by atoms with Gasteiger partial charge in [0.2, 0.25) is 5.91 Å². The van der Waals surface area contributed by atoms with Crippen LogP contribution >= 0.6 is 0 Å². The van der Waals surface area contributed by atoms with Crippen molar-refractivity contribution < 1.29 is 9.72 Å². The average Bonchev–Trinajstić information content (AvgIpc) is 2.84. The highest BCUT2D eigenvalue weighted by atomic mass is 16.6. The molecule has 3 N–H and O–H groups in total. The van der Waals surface area contributed by atoms with Gasteiger partial charge in [-0.05, 0) is 12.8 Å². The Morgan fingerprint density at radius 2 is 2.21 bits per heavy atom. The maximum Gasteiger partial charge on any atom is 0.307 e. The van der Waals surface area contributed by atoms with E-state index >= 15 is 0 Å². The van der Waals surface area contributed by atoms with E-state index in [-0.39, 0.29) is 18.1 Å². The topological polar surface area (TPSA) is 116 Å². The lowest BCUT2D eigenvalue weighted by atomic mass is 9.94. The molecule has 0 spiro atoms. The molecule has 1 amide bonds. The number of hydrogen-bond donors (Lipinski definition) is 2. The van der Waals surface area contributed by atoms with Gasteiger partial charge in [-0.3, -0.25) is 19.6 Å². The number of rotatable bonds is 7. The Morgan fingerprint density at radius 1 is 1.58 bits per heavy atom. The fourth-order valence-corrected chi connectivity index (χ4v) is 1.51. The summed E-state index contributed by atoms with van der Waals surface area (Å²) in [5, 5.41) is 16.9. The molecule has 1 aromatic rings. The van der Waals surface area contributed by atoms with Gasteiger partial charge in [-0.2, -0.15) is 5.10 Å². The minimum absolute atomic E-state index is 0.0582. The number of amides is 1. The SMILES string of the molecule is CCC(N)(CC)CNC(=O)Cn1cc([N+](=O)[O-])cn1. The van der Waals surface area contributed by atoms with Crippen molar-refractivity contribution in [2.45, 2.75) is 38.8 Å². The molecule has 0 aliphatic heterocycles. The summed E-state index contributed by atoms with van der Waals surface area (Å²) >= 11 is 0. The molecule has 1 aromatic heterocycles. The predicted molar refractivity (Wildman–Crippen MR) is 69.4 cm³/mol. The summed E-state index contributed by atoms with van der Waals surface area (Å²) in [6, 6.07) is 0. The van der Waals surface area contributed by atoms with E-state index in [0.717, 1.165) is 19.0 Å². The highest BCUT2D eigenvalue weighted by molar-refractivity contribution is 5.75. The first kappa shape index (κ1) is 15.1. The summed E-state index contributed by atoms with van der Waals surface area (Å²) in [5.74, 6) is -0.269. The molecule has 0 fully saturated rings. The van der Waals surface area contributed by atoms with Crippen molar-refractivity contribution in [2.75, 3.05) is 6.54 Å². The summed E-state index contributed by atoms with van der Waals surface area (Å²) in [7, 11) is 0. The number of hydrogen-bond acceptors (Lipinski definition) is 5. The van der Waals surface area contributed by atoms with Crippen LogP contribution in [0.5, 0.6) is 0 Å². The molecule has 0 saturated heterocycles. The molecular weight excluding hydrogens is 250 g/mol. The highest BCUT2D eigenvalue weighted by Crippen LogP contribution is 2.10. The predicted octanol–water partition coefficient (Wildman–Crippen LogP) is 0.425. The van der Waals surface area contributed by atoms with Gasteiger partial charge >= 0.3 is 5.69 Å². The summed E-state index contributed by atoms with van der Waals surface area (Å²) in [5.41, 5.74) is 5.51. The van der Waals surface area contributed by atoms with Crippen molar-refractivity contribution in [3.63, 3.8) is 0 Å². The number of nitrogens with zero attached hydrogens (tertiary/aromatic N) is 3. The molecule has 8 nitrogen and oxygen atoms in total. The number of carbonyl (C=O) groups is 1. The van der Waals surface area contributed by atoms with Crippen LogP contribution < -0.4 is 11.1 Å². The number of nitro groups is 1. The minimum Gasteiger partial charge on any atom is -0.353 e. The summed E-state index contributed by atoms with van der Waals surface area (Å²) in [6.45, 7) is 4.25. The van der Waals surface area contributed by atoms with Crippen LogP contribution in [0.4, 0.5) is 5.69 Å². The van der Waals surface area contributed by atoms with Crippen LogP contribution in [0, 0.1) is 10.1 Å². The Labute approximate surface area is 111 Å². The van der Waals surface area contributed by atoms with Crippen LogP contribution in [-0.2, 0) is 11.3 Å². The summed E-state index contributed by atoms with van der Waals surface area (Å²) in [4.78, 5) is 21.6. The zero-order valence-corrected chi connectivity index (χ0v) is 11.1.